The van der Waals surface area contributed by atoms with Crippen LogP contribution in [0.15, 0.2) is 170 Å². The number of pyridine rings is 2. The molecule has 2 aromatic heterocycles. The Bertz CT molecular complexity index is 2830. The van der Waals surface area contributed by atoms with Crippen molar-refractivity contribution in [3.05, 3.63) is 192 Å². The summed E-state index contributed by atoms with van der Waals surface area (Å²) in [6.07, 6.45) is 1.84. The molecular weight excluding hydrogens is 609 g/mol. The van der Waals surface area contributed by atoms with E-state index in [9.17, 15) is 0 Å². The highest BCUT2D eigenvalue weighted by Crippen LogP contribution is 2.62. The average Bonchev–Trinajstić information content (AvgIpc) is 3.48. The lowest BCUT2D eigenvalue weighted by molar-refractivity contribution is 0.436. The van der Waals surface area contributed by atoms with Crippen LogP contribution < -0.4 is 4.74 Å². The first-order valence-corrected chi connectivity index (χ1v) is 17.1. The van der Waals surface area contributed by atoms with Crippen molar-refractivity contribution >= 4 is 32.6 Å². The zero-order valence-electron chi connectivity index (χ0n) is 27.0. The van der Waals surface area contributed by atoms with Gasteiger partial charge >= 0.3 is 0 Å². The molecule has 0 N–H and O–H groups in total. The van der Waals surface area contributed by atoms with Gasteiger partial charge in [-0.1, -0.05) is 133 Å². The molecule has 50 heavy (non-hydrogen) atoms. The molecule has 0 radical (unpaired) electrons. The van der Waals surface area contributed by atoms with Crippen molar-refractivity contribution in [2.45, 2.75) is 5.41 Å². The maximum Gasteiger partial charge on any atom is 0.132 e. The minimum atomic E-state index is -0.505. The molecule has 0 saturated carbocycles. The van der Waals surface area contributed by atoms with Crippen LogP contribution in [0.3, 0.4) is 0 Å². The molecular formula is C47H28N2O. The number of nitrogens with zero attached hydrogens (tertiary/aromatic N) is 2. The molecule has 1 aliphatic carbocycles. The van der Waals surface area contributed by atoms with Crippen LogP contribution >= 0.6 is 0 Å². The predicted molar refractivity (Wildman–Crippen MR) is 203 cm³/mol. The second kappa shape index (κ2) is 10.2. The molecule has 7 aromatic carbocycles. The first-order chi connectivity index (χ1) is 24.8. The first-order valence-electron chi connectivity index (χ1n) is 17.1. The Labute approximate surface area is 289 Å². The molecule has 2 aliphatic rings. The van der Waals surface area contributed by atoms with Crippen LogP contribution in [0.1, 0.15) is 22.3 Å². The molecule has 1 spiro atoms. The Morgan fingerprint density at radius 1 is 0.420 bits per heavy atom. The van der Waals surface area contributed by atoms with Crippen LogP contribution in [-0.4, -0.2) is 9.97 Å². The van der Waals surface area contributed by atoms with E-state index < -0.39 is 5.41 Å². The summed E-state index contributed by atoms with van der Waals surface area (Å²) in [6, 6.07) is 58.8. The molecule has 0 saturated heterocycles. The maximum absolute atomic E-state index is 6.70. The average molecular weight is 637 g/mol. The van der Waals surface area contributed by atoms with Crippen LogP contribution in [0.5, 0.6) is 11.5 Å². The normalized spacial score (nSPS) is 13.5. The summed E-state index contributed by atoms with van der Waals surface area (Å²) >= 11 is 0. The summed E-state index contributed by atoms with van der Waals surface area (Å²) in [6.45, 7) is 0. The van der Waals surface area contributed by atoms with Crippen LogP contribution in [0.4, 0.5) is 0 Å². The van der Waals surface area contributed by atoms with E-state index in [0.717, 1.165) is 61.1 Å². The van der Waals surface area contributed by atoms with Gasteiger partial charge in [-0.05, 0) is 74.5 Å². The molecule has 3 heterocycles. The zero-order chi connectivity index (χ0) is 32.8. The molecule has 11 rings (SSSR count). The number of rotatable bonds is 2. The lowest BCUT2D eigenvalue weighted by Gasteiger charge is -2.39. The summed E-state index contributed by atoms with van der Waals surface area (Å²) in [7, 11) is 0. The third-order valence-electron chi connectivity index (χ3n) is 10.8. The molecule has 0 unspecified atom stereocenters. The topological polar surface area (TPSA) is 35.0 Å². The van der Waals surface area contributed by atoms with E-state index in [0.29, 0.717) is 0 Å². The minimum absolute atomic E-state index is 0.505. The molecule has 3 heteroatoms. The van der Waals surface area contributed by atoms with Gasteiger partial charge in [0.1, 0.15) is 11.5 Å². The summed E-state index contributed by atoms with van der Waals surface area (Å²) in [5, 5.41) is 4.52. The van der Waals surface area contributed by atoms with Gasteiger partial charge in [0.05, 0.1) is 22.1 Å². The fraction of sp³-hybridized carbons (Fsp3) is 0.0213. The fourth-order valence-corrected chi connectivity index (χ4v) is 8.67. The van der Waals surface area contributed by atoms with Gasteiger partial charge < -0.3 is 4.74 Å². The standard InChI is InChI=1S/C47H28N2O/c1-2-12-34-33(11-1)32(23-24-37(34)42-25-21-30-20-19-29-10-9-27-48-45(29)46(30)49-42)31-22-26-44-41(28-31)47(40-17-7-8-18-43(40)50-44)38-15-5-3-13-35(38)36-14-4-6-16-39(36)47/h1-28H. The molecule has 0 atom stereocenters. The van der Waals surface area contributed by atoms with Gasteiger partial charge in [-0.2, -0.15) is 0 Å². The third kappa shape index (κ3) is 3.64. The van der Waals surface area contributed by atoms with Crippen LogP contribution in [-0.2, 0) is 5.41 Å². The molecule has 1 aliphatic heterocycles. The Morgan fingerprint density at radius 2 is 1.04 bits per heavy atom. The number of para-hydroxylation sites is 1. The van der Waals surface area contributed by atoms with Crippen molar-refractivity contribution in [3.63, 3.8) is 0 Å². The highest BCUT2D eigenvalue weighted by molar-refractivity contribution is 6.07. The van der Waals surface area contributed by atoms with Crippen LogP contribution in [0, 0.1) is 0 Å². The SMILES string of the molecule is c1ccc2c(c1)Oc1ccc(-c3ccc(-c4ccc5ccc6cccnc6c5n4)c4ccccc34)cc1C21c2ccccc2-c2ccccc21. The quantitative estimate of drug-likeness (QED) is 0.177. The molecule has 232 valence electrons. The smallest absolute Gasteiger partial charge is 0.132 e. The molecule has 0 fully saturated rings. The van der Waals surface area contributed by atoms with Gasteiger partial charge in [-0.15, -0.1) is 0 Å². The summed E-state index contributed by atoms with van der Waals surface area (Å²) in [5.74, 6) is 1.79. The largest absolute Gasteiger partial charge is 0.457 e. The highest BCUT2D eigenvalue weighted by Gasteiger charge is 2.51. The minimum Gasteiger partial charge on any atom is -0.457 e. The number of ether oxygens (including phenoxy) is 1. The summed E-state index contributed by atoms with van der Waals surface area (Å²) in [5.41, 5.74) is 13.2. The molecule has 0 bridgehead atoms. The first kappa shape index (κ1) is 27.4. The Hall–Kier alpha value is -6.58. The van der Waals surface area contributed by atoms with Gasteiger partial charge in [0.2, 0.25) is 0 Å². The monoisotopic (exact) mass is 636 g/mol. The van der Waals surface area contributed by atoms with Gasteiger partial charge in [0, 0.05) is 33.7 Å². The Balaban J connectivity index is 1.14. The number of aromatic nitrogens is 2. The van der Waals surface area contributed by atoms with Gasteiger partial charge in [-0.25, -0.2) is 4.98 Å². The number of hydrogen-bond acceptors (Lipinski definition) is 3. The number of fused-ring (bicyclic) bond motifs is 13. The van der Waals surface area contributed by atoms with E-state index in [1.807, 2.05) is 12.3 Å². The Morgan fingerprint density at radius 3 is 1.84 bits per heavy atom. The zero-order valence-corrected chi connectivity index (χ0v) is 27.0. The highest BCUT2D eigenvalue weighted by atomic mass is 16.5. The van der Waals surface area contributed by atoms with Crippen LogP contribution in [0.2, 0.25) is 0 Å². The van der Waals surface area contributed by atoms with E-state index in [-0.39, 0.29) is 0 Å². The van der Waals surface area contributed by atoms with Gasteiger partial charge in [0.25, 0.3) is 0 Å². The van der Waals surface area contributed by atoms with Crippen molar-refractivity contribution in [2.24, 2.45) is 0 Å². The second-order valence-corrected chi connectivity index (χ2v) is 13.3. The lowest BCUT2D eigenvalue weighted by atomic mass is 9.65. The van der Waals surface area contributed by atoms with E-state index in [1.165, 1.54) is 38.8 Å². The molecule has 9 aromatic rings. The number of hydrogen-bond donors (Lipinski definition) is 0. The van der Waals surface area contributed by atoms with Crippen molar-refractivity contribution in [3.8, 4) is 45.0 Å². The van der Waals surface area contributed by atoms with Gasteiger partial charge in [-0.3, -0.25) is 4.98 Å². The maximum atomic E-state index is 6.70. The molecule has 3 nitrogen and oxygen atoms in total. The van der Waals surface area contributed by atoms with Crippen molar-refractivity contribution in [2.75, 3.05) is 0 Å². The Kier molecular flexibility index (Phi) is 5.59. The van der Waals surface area contributed by atoms with Crippen molar-refractivity contribution in [1.82, 2.24) is 9.97 Å². The van der Waals surface area contributed by atoms with Crippen molar-refractivity contribution in [1.29, 1.82) is 0 Å². The van der Waals surface area contributed by atoms with E-state index in [2.05, 4.69) is 158 Å². The van der Waals surface area contributed by atoms with Gasteiger partial charge in [0.15, 0.2) is 0 Å². The van der Waals surface area contributed by atoms with E-state index in [1.54, 1.807) is 0 Å². The molecule has 0 amide bonds. The van der Waals surface area contributed by atoms with E-state index >= 15 is 0 Å². The lowest BCUT2D eigenvalue weighted by Crippen LogP contribution is -2.32. The van der Waals surface area contributed by atoms with E-state index in [4.69, 9.17) is 14.7 Å². The number of benzene rings is 7. The summed E-state index contributed by atoms with van der Waals surface area (Å²) in [4.78, 5) is 9.91. The fourth-order valence-electron chi connectivity index (χ4n) is 8.67. The van der Waals surface area contributed by atoms with Crippen molar-refractivity contribution < 1.29 is 4.74 Å². The predicted octanol–water partition coefficient (Wildman–Crippen LogP) is 11.7. The summed E-state index contributed by atoms with van der Waals surface area (Å²) < 4.78 is 6.70. The van der Waals surface area contributed by atoms with Crippen LogP contribution in [0.25, 0.3) is 66.1 Å². The third-order valence-corrected chi connectivity index (χ3v) is 10.8. The second-order valence-electron chi connectivity index (χ2n) is 13.3.